The largest absolute Gasteiger partial charge is 0.493 e. The molecule has 1 aromatic heterocycles. The van der Waals surface area contributed by atoms with E-state index in [1.54, 1.807) is 37.4 Å². The molecule has 1 unspecified atom stereocenters. The highest BCUT2D eigenvalue weighted by molar-refractivity contribution is 6.01. The third-order valence-corrected chi connectivity index (χ3v) is 8.83. The molecule has 0 saturated heterocycles. The minimum absolute atomic E-state index is 0.154. The fourth-order valence-corrected chi connectivity index (χ4v) is 6.08. The van der Waals surface area contributed by atoms with Gasteiger partial charge in [0.25, 0.3) is 5.91 Å². The molecule has 1 atom stereocenters. The molecule has 4 aromatic carbocycles. The third kappa shape index (κ3) is 8.00. The second-order valence-corrected chi connectivity index (χ2v) is 12.1. The molecule has 1 aliphatic heterocycles. The number of benzene rings is 4. The summed E-state index contributed by atoms with van der Waals surface area (Å²) in [6.45, 7) is -0.151. The Bertz CT molecular complexity index is 1950. The average Bonchev–Trinajstić information content (AvgIpc) is 3.67. The lowest BCUT2D eigenvalue weighted by Gasteiger charge is -2.28. The molecule has 0 saturated carbocycles. The summed E-state index contributed by atoms with van der Waals surface area (Å²) in [7, 11) is 1.58. The Labute approximate surface area is 295 Å². The molecule has 6 rings (SSSR count). The van der Waals surface area contributed by atoms with Gasteiger partial charge in [-0.15, -0.1) is 0 Å². The maximum atomic E-state index is 12.6. The lowest BCUT2D eigenvalue weighted by molar-refractivity contribution is 0.0935. The Hall–Kier alpha value is -5.40. The van der Waals surface area contributed by atoms with Gasteiger partial charge >= 0.3 is 0 Å². The van der Waals surface area contributed by atoms with E-state index in [9.17, 15) is 25.2 Å². The number of anilines is 1. The van der Waals surface area contributed by atoms with Gasteiger partial charge in [-0.25, -0.2) is 0 Å². The first-order valence-corrected chi connectivity index (χ1v) is 16.7. The maximum absolute atomic E-state index is 12.6. The highest BCUT2D eigenvalue weighted by Crippen LogP contribution is 2.35. The Balaban J connectivity index is 1.01. The van der Waals surface area contributed by atoms with Gasteiger partial charge in [0.15, 0.2) is 17.3 Å². The molecule has 0 bridgehead atoms. The van der Waals surface area contributed by atoms with Crippen LogP contribution in [-0.4, -0.2) is 51.8 Å². The van der Waals surface area contributed by atoms with Crippen LogP contribution in [0.5, 0.6) is 17.2 Å². The van der Waals surface area contributed by atoms with Gasteiger partial charge in [0.2, 0.25) is 0 Å². The Morgan fingerprint density at radius 1 is 0.706 bits per heavy atom. The number of ether oxygens (including phenoxy) is 3. The molecule has 12 nitrogen and oxygen atoms in total. The number of methoxy groups -OCH3 is 1. The summed E-state index contributed by atoms with van der Waals surface area (Å²) in [5.41, 5.74) is 6.22. The lowest BCUT2D eigenvalue weighted by atomic mass is 9.97. The van der Waals surface area contributed by atoms with Crippen molar-refractivity contribution in [2.75, 3.05) is 25.6 Å². The van der Waals surface area contributed by atoms with Crippen molar-refractivity contribution in [3.63, 3.8) is 0 Å². The van der Waals surface area contributed by atoms with Crippen LogP contribution in [0.4, 0.5) is 5.69 Å². The Morgan fingerprint density at radius 3 is 2.12 bits per heavy atom. The second kappa shape index (κ2) is 16.5. The monoisotopic (exact) mass is 695 g/mol. The summed E-state index contributed by atoms with van der Waals surface area (Å²) in [5, 5.41) is 49.8. The molecule has 0 aliphatic carbocycles. The van der Waals surface area contributed by atoms with Crippen LogP contribution in [0.15, 0.2) is 83.4 Å². The van der Waals surface area contributed by atoms with E-state index < -0.39 is 6.17 Å². The van der Waals surface area contributed by atoms with Gasteiger partial charge in [-0.05, 0) is 96.1 Å². The first kappa shape index (κ1) is 35.4. The molecular formula is C39H41N3O9. The van der Waals surface area contributed by atoms with Crippen LogP contribution >= 0.6 is 0 Å². The van der Waals surface area contributed by atoms with Crippen LogP contribution in [0.1, 0.15) is 63.6 Å². The molecule has 51 heavy (non-hydrogen) atoms. The van der Waals surface area contributed by atoms with Crippen LogP contribution in [0.25, 0.3) is 22.6 Å². The highest BCUT2D eigenvalue weighted by Gasteiger charge is 2.25. The van der Waals surface area contributed by atoms with Crippen molar-refractivity contribution in [3.05, 3.63) is 112 Å². The fourth-order valence-electron chi connectivity index (χ4n) is 6.08. The highest BCUT2D eigenvalue weighted by atomic mass is 16.5. The molecule has 1 amide bonds. The topological polar surface area (TPSA) is 176 Å². The maximum Gasteiger partial charge on any atom is 0.255 e. The number of nitrogens with zero attached hydrogens (tertiary/aromatic N) is 1. The van der Waals surface area contributed by atoms with Crippen LogP contribution in [0, 0.1) is 0 Å². The van der Waals surface area contributed by atoms with E-state index in [1.807, 2.05) is 48.5 Å². The minimum Gasteiger partial charge on any atom is -0.493 e. The lowest BCUT2D eigenvalue weighted by Crippen LogP contribution is -2.38. The molecule has 266 valence electrons. The predicted octanol–water partition coefficient (Wildman–Crippen LogP) is 5.47. The number of rotatable bonds is 16. The number of fused-ring (bicyclic) bond motifs is 1. The van der Waals surface area contributed by atoms with E-state index in [0.29, 0.717) is 75.3 Å². The number of aliphatic hydroxyl groups is 4. The molecule has 0 radical (unpaired) electrons. The molecule has 0 fully saturated rings. The zero-order valence-corrected chi connectivity index (χ0v) is 28.2. The molecular weight excluding hydrogens is 654 g/mol. The first-order valence-electron chi connectivity index (χ1n) is 16.7. The van der Waals surface area contributed by atoms with Crippen LogP contribution < -0.4 is 24.8 Å². The zero-order chi connectivity index (χ0) is 35.7. The number of aliphatic hydroxyl groups excluding tert-OH is 4. The van der Waals surface area contributed by atoms with Crippen molar-refractivity contribution in [1.82, 2.24) is 10.5 Å². The standard InChI is InChI=1S/C39H41N3O9/c1-48-35-12-9-24(36-19-33(42-51-36)26-16-27(20-43)31(23-46)28(17-26)21-44)18-37(35)50-14-6-2-5-13-49-34-11-10-25(15-29(34)22-45)38-40-32-8-4-3-7-30(32)39(47)41-38/h3-4,7-12,15-19,38,40,43-46H,2,5-6,13-14,20-23H2,1H3,(H,41,47). The molecule has 12 heteroatoms. The summed E-state index contributed by atoms with van der Waals surface area (Å²) in [6, 6.07) is 23.5. The predicted molar refractivity (Wildman–Crippen MR) is 189 cm³/mol. The van der Waals surface area contributed by atoms with Crippen LogP contribution in [0.2, 0.25) is 0 Å². The minimum atomic E-state index is -0.419. The number of carbonyl (C=O) groups is 1. The number of hydrogen-bond donors (Lipinski definition) is 6. The second-order valence-electron chi connectivity index (χ2n) is 12.1. The van der Waals surface area contributed by atoms with Crippen molar-refractivity contribution in [2.45, 2.75) is 51.9 Å². The van der Waals surface area contributed by atoms with E-state index >= 15 is 0 Å². The van der Waals surface area contributed by atoms with Crippen molar-refractivity contribution < 1.29 is 44.0 Å². The quantitative estimate of drug-likeness (QED) is 0.0723. The summed E-state index contributed by atoms with van der Waals surface area (Å²) in [5.74, 6) is 2.08. The molecule has 2 heterocycles. The van der Waals surface area contributed by atoms with Gasteiger partial charge in [-0.1, -0.05) is 23.4 Å². The SMILES string of the molecule is COc1ccc(-c2cc(-c3cc(CO)c(CO)c(CO)c3)no2)cc1OCCCCCOc1ccc(C2NC(=O)c3ccccc3N2)cc1CO. The fraction of sp³-hybridized carbons (Fsp3) is 0.282. The average molecular weight is 696 g/mol. The molecule has 6 N–H and O–H groups in total. The zero-order valence-electron chi connectivity index (χ0n) is 28.2. The summed E-state index contributed by atoms with van der Waals surface area (Å²) >= 11 is 0. The van der Waals surface area contributed by atoms with Gasteiger partial charge in [0.05, 0.1) is 52.3 Å². The number of carbonyl (C=O) groups excluding carboxylic acids is 1. The molecule has 5 aromatic rings. The Morgan fingerprint density at radius 2 is 1.41 bits per heavy atom. The van der Waals surface area contributed by atoms with Crippen molar-refractivity contribution in [3.8, 4) is 39.8 Å². The van der Waals surface area contributed by atoms with Crippen molar-refractivity contribution >= 4 is 11.6 Å². The van der Waals surface area contributed by atoms with Gasteiger partial charge in [-0.3, -0.25) is 4.79 Å². The summed E-state index contributed by atoms with van der Waals surface area (Å²) in [4.78, 5) is 12.6. The number of unbranched alkanes of at least 4 members (excludes halogenated alkanes) is 2. The van der Waals surface area contributed by atoms with Crippen LogP contribution in [0.3, 0.4) is 0 Å². The normalized spacial score (nSPS) is 13.7. The number of amides is 1. The van der Waals surface area contributed by atoms with E-state index in [4.69, 9.17) is 18.7 Å². The molecule has 1 aliphatic rings. The summed E-state index contributed by atoms with van der Waals surface area (Å²) in [6.07, 6.45) is 1.98. The Kier molecular flexibility index (Phi) is 11.5. The van der Waals surface area contributed by atoms with Crippen LogP contribution in [-0.2, 0) is 26.4 Å². The van der Waals surface area contributed by atoms with Gasteiger partial charge in [0.1, 0.15) is 17.6 Å². The smallest absolute Gasteiger partial charge is 0.255 e. The van der Waals surface area contributed by atoms with Gasteiger partial charge in [0, 0.05) is 28.4 Å². The summed E-state index contributed by atoms with van der Waals surface area (Å²) < 4.78 is 23.3. The number of para-hydroxylation sites is 1. The van der Waals surface area contributed by atoms with E-state index in [0.717, 1.165) is 36.1 Å². The number of nitrogens with one attached hydrogen (secondary N) is 2. The van der Waals surface area contributed by atoms with Gasteiger partial charge in [-0.2, -0.15) is 0 Å². The number of aromatic nitrogens is 1. The van der Waals surface area contributed by atoms with E-state index in [-0.39, 0.29) is 32.3 Å². The van der Waals surface area contributed by atoms with E-state index in [1.165, 1.54) is 0 Å². The number of hydrogen-bond acceptors (Lipinski definition) is 11. The molecule has 0 spiro atoms. The third-order valence-electron chi connectivity index (χ3n) is 8.83. The first-order chi connectivity index (χ1) is 25.0. The van der Waals surface area contributed by atoms with Crippen molar-refractivity contribution in [1.29, 1.82) is 0 Å². The van der Waals surface area contributed by atoms with Crippen molar-refractivity contribution in [2.24, 2.45) is 0 Å². The van der Waals surface area contributed by atoms with Gasteiger partial charge < -0.3 is 49.8 Å². The van der Waals surface area contributed by atoms with E-state index in [2.05, 4.69) is 15.8 Å².